The lowest BCUT2D eigenvalue weighted by molar-refractivity contribution is -0.170. The molecular weight excluding hydrogens is 432 g/mol. The van der Waals surface area contributed by atoms with Crippen LogP contribution >= 0.6 is 0 Å². The van der Waals surface area contributed by atoms with E-state index in [2.05, 4.69) is 33.8 Å². The zero-order chi connectivity index (χ0) is 23.8. The molecule has 8 nitrogen and oxygen atoms in total. The largest absolute Gasteiger partial charge is 0.438 e. The highest BCUT2D eigenvalue weighted by molar-refractivity contribution is 5.68. The molecule has 0 N–H and O–H groups in total. The molecular formula is C23H37F2N5O3. The van der Waals surface area contributed by atoms with E-state index in [1.165, 1.54) is 0 Å². The molecule has 1 amide bonds. The number of piperidine rings is 1. The van der Waals surface area contributed by atoms with Gasteiger partial charge in [0.1, 0.15) is 0 Å². The molecule has 0 spiro atoms. The third kappa shape index (κ3) is 5.16. The third-order valence-electron chi connectivity index (χ3n) is 7.74. The fourth-order valence-corrected chi connectivity index (χ4v) is 5.38. The van der Waals surface area contributed by atoms with Gasteiger partial charge in [-0.05, 0) is 39.5 Å². The Kier molecular flexibility index (Phi) is 6.96. The summed E-state index contributed by atoms with van der Waals surface area (Å²) in [6.07, 6.45) is 0.0529. The van der Waals surface area contributed by atoms with Crippen LogP contribution in [0.15, 0.2) is 4.52 Å². The highest BCUT2D eigenvalue weighted by Gasteiger charge is 2.52. The molecule has 3 fully saturated rings. The summed E-state index contributed by atoms with van der Waals surface area (Å²) in [6.45, 7) is 12.1. The van der Waals surface area contributed by atoms with Crippen molar-refractivity contribution >= 4 is 6.09 Å². The molecule has 2 saturated heterocycles. The van der Waals surface area contributed by atoms with Crippen molar-refractivity contribution in [2.24, 2.45) is 0 Å². The zero-order valence-corrected chi connectivity index (χ0v) is 20.2. The minimum Gasteiger partial charge on any atom is -0.438 e. The van der Waals surface area contributed by atoms with Gasteiger partial charge in [0.2, 0.25) is 5.89 Å². The number of rotatable bonds is 4. The lowest BCUT2D eigenvalue weighted by Gasteiger charge is -2.47. The number of likely N-dealkylation sites (tertiary alicyclic amines) is 1. The molecule has 0 bridgehead atoms. The number of piperazine rings is 1. The molecule has 33 heavy (non-hydrogen) atoms. The van der Waals surface area contributed by atoms with E-state index in [1.807, 2.05) is 6.92 Å². The second kappa shape index (κ2) is 9.44. The number of aryl methyl sites for hydroxylation is 1. The standard InChI is InChI=1S/C23H37F2N5O3/c1-16(2)28-12-14-29(15-13-28)18-6-5-7-23(24,25)19(18)32-21(31)30-10-8-22(4,9-11-30)20-26-17(3)33-27-20/h16,18-19H,5-15H2,1-4H3. The van der Waals surface area contributed by atoms with Gasteiger partial charge >= 0.3 is 6.09 Å². The first-order valence-corrected chi connectivity index (χ1v) is 12.2. The average molecular weight is 470 g/mol. The molecule has 1 aliphatic carbocycles. The number of carbonyl (C=O) groups is 1. The Labute approximate surface area is 194 Å². The molecule has 0 radical (unpaired) electrons. The summed E-state index contributed by atoms with van der Waals surface area (Å²) in [5.41, 5.74) is -0.304. The normalized spacial score (nSPS) is 28.8. The Bertz CT molecular complexity index is 817. The summed E-state index contributed by atoms with van der Waals surface area (Å²) in [5.74, 6) is -1.87. The number of aromatic nitrogens is 2. The van der Waals surface area contributed by atoms with Crippen LogP contribution in [0.25, 0.3) is 0 Å². The van der Waals surface area contributed by atoms with E-state index in [1.54, 1.807) is 11.8 Å². The minimum absolute atomic E-state index is 0.233. The van der Waals surface area contributed by atoms with Gasteiger partial charge in [-0.25, -0.2) is 13.6 Å². The summed E-state index contributed by atoms with van der Waals surface area (Å²) >= 11 is 0. The Balaban J connectivity index is 1.38. The third-order valence-corrected chi connectivity index (χ3v) is 7.74. The van der Waals surface area contributed by atoms with Gasteiger partial charge in [0.25, 0.3) is 5.92 Å². The first-order valence-electron chi connectivity index (χ1n) is 12.2. The van der Waals surface area contributed by atoms with E-state index in [-0.39, 0.29) is 11.8 Å². The molecule has 10 heteroatoms. The molecule has 186 valence electrons. The molecule has 2 aliphatic heterocycles. The van der Waals surface area contributed by atoms with Crippen LogP contribution < -0.4 is 0 Å². The van der Waals surface area contributed by atoms with Crippen LogP contribution in [0.5, 0.6) is 0 Å². The van der Waals surface area contributed by atoms with Gasteiger partial charge in [0.15, 0.2) is 11.9 Å². The number of nitrogens with zero attached hydrogens (tertiary/aromatic N) is 5. The fraction of sp³-hybridized carbons (Fsp3) is 0.870. The van der Waals surface area contributed by atoms with Crippen molar-refractivity contribution in [2.75, 3.05) is 39.3 Å². The van der Waals surface area contributed by atoms with E-state index in [4.69, 9.17) is 9.26 Å². The average Bonchev–Trinajstić information content (AvgIpc) is 3.22. The number of halogens is 2. The zero-order valence-electron chi connectivity index (χ0n) is 20.2. The van der Waals surface area contributed by atoms with E-state index >= 15 is 0 Å². The van der Waals surface area contributed by atoms with E-state index in [9.17, 15) is 13.6 Å². The van der Waals surface area contributed by atoms with Crippen LogP contribution in [0, 0.1) is 6.92 Å². The van der Waals surface area contributed by atoms with Crippen LogP contribution in [-0.2, 0) is 10.2 Å². The molecule has 1 saturated carbocycles. The van der Waals surface area contributed by atoms with Crippen LogP contribution in [0.4, 0.5) is 13.6 Å². The number of alkyl halides is 2. The lowest BCUT2D eigenvalue weighted by atomic mass is 9.80. The summed E-state index contributed by atoms with van der Waals surface area (Å²) in [7, 11) is 0. The summed E-state index contributed by atoms with van der Waals surface area (Å²) in [6, 6.07) is -0.000837. The van der Waals surface area contributed by atoms with E-state index in [0.717, 1.165) is 26.2 Å². The number of hydrogen-bond acceptors (Lipinski definition) is 7. The van der Waals surface area contributed by atoms with Crippen molar-refractivity contribution in [3.63, 3.8) is 0 Å². The number of ether oxygens (including phenoxy) is 1. The monoisotopic (exact) mass is 469 g/mol. The Morgan fingerprint density at radius 1 is 1.12 bits per heavy atom. The maximum absolute atomic E-state index is 15.0. The molecule has 1 aromatic rings. The molecule has 2 unspecified atom stereocenters. The molecule has 2 atom stereocenters. The van der Waals surface area contributed by atoms with Gasteiger partial charge in [0, 0.05) is 64.1 Å². The highest BCUT2D eigenvalue weighted by atomic mass is 19.3. The van der Waals surface area contributed by atoms with Crippen LogP contribution in [0.3, 0.4) is 0 Å². The maximum Gasteiger partial charge on any atom is 0.410 e. The second-order valence-electron chi connectivity index (χ2n) is 10.4. The van der Waals surface area contributed by atoms with Crippen molar-refractivity contribution in [2.45, 2.75) is 89.3 Å². The predicted octanol–water partition coefficient (Wildman–Crippen LogP) is 3.45. The molecule has 4 rings (SSSR count). The van der Waals surface area contributed by atoms with E-state index < -0.39 is 24.2 Å². The number of carbonyl (C=O) groups excluding carboxylic acids is 1. The van der Waals surface area contributed by atoms with E-state index in [0.29, 0.717) is 56.5 Å². The molecule has 0 aromatic carbocycles. The topological polar surface area (TPSA) is 74.9 Å². The number of hydrogen-bond donors (Lipinski definition) is 0. The molecule has 1 aromatic heterocycles. The van der Waals surface area contributed by atoms with Gasteiger partial charge in [-0.1, -0.05) is 12.1 Å². The van der Waals surface area contributed by atoms with Crippen molar-refractivity contribution < 1.29 is 22.8 Å². The first-order chi connectivity index (χ1) is 15.6. The summed E-state index contributed by atoms with van der Waals surface area (Å²) in [5, 5.41) is 4.04. The Morgan fingerprint density at radius 3 is 2.36 bits per heavy atom. The molecule has 3 heterocycles. The fourth-order valence-electron chi connectivity index (χ4n) is 5.38. The maximum atomic E-state index is 15.0. The van der Waals surface area contributed by atoms with Crippen molar-refractivity contribution in [1.82, 2.24) is 24.8 Å². The van der Waals surface area contributed by atoms with Gasteiger partial charge in [-0.3, -0.25) is 9.80 Å². The molecule has 3 aliphatic rings. The van der Waals surface area contributed by atoms with Crippen molar-refractivity contribution in [1.29, 1.82) is 0 Å². The first kappa shape index (κ1) is 24.3. The summed E-state index contributed by atoms with van der Waals surface area (Å²) in [4.78, 5) is 23.3. The second-order valence-corrected chi connectivity index (χ2v) is 10.4. The van der Waals surface area contributed by atoms with Crippen LogP contribution in [0.2, 0.25) is 0 Å². The van der Waals surface area contributed by atoms with Gasteiger partial charge in [0.05, 0.1) is 6.04 Å². The van der Waals surface area contributed by atoms with Crippen LogP contribution in [-0.4, -0.2) is 94.3 Å². The Hall–Kier alpha value is -1.81. The minimum atomic E-state index is -3.01. The Morgan fingerprint density at radius 2 is 1.79 bits per heavy atom. The summed E-state index contributed by atoms with van der Waals surface area (Å²) < 4.78 is 40.7. The lowest BCUT2D eigenvalue weighted by Crippen LogP contribution is -2.61. The smallest absolute Gasteiger partial charge is 0.410 e. The van der Waals surface area contributed by atoms with Gasteiger partial charge < -0.3 is 14.2 Å². The van der Waals surface area contributed by atoms with Gasteiger partial charge in [-0.15, -0.1) is 0 Å². The number of amides is 1. The predicted molar refractivity (Wildman–Crippen MR) is 118 cm³/mol. The van der Waals surface area contributed by atoms with Gasteiger partial charge in [-0.2, -0.15) is 4.98 Å². The highest BCUT2D eigenvalue weighted by Crippen LogP contribution is 2.39. The van der Waals surface area contributed by atoms with Crippen LogP contribution in [0.1, 0.15) is 64.6 Å². The van der Waals surface area contributed by atoms with Crippen molar-refractivity contribution in [3.05, 3.63) is 11.7 Å². The quantitative estimate of drug-likeness (QED) is 0.669. The van der Waals surface area contributed by atoms with Crippen molar-refractivity contribution in [3.8, 4) is 0 Å². The SMILES string of the molecule is Cc1nc(C2(C)CCN(C(=O)OC3C(N4CCN(C(C)C)CC4)CCCC3(F)F)CC2)no1.